The second-order valence-electron chi connectivity index (χ2n) is 4.43. The normalized spacial score (nSPS) is 10.3. The summed E-state index contributed by atoms with van der Waals surface area (Å²) in [6.45, 7) is 1.12. The molecule has 20 heavy (non-hydrogen) atoms. The molecule has 106 valence electrons. The van der Waals surface area contributed by atoms with Gasteiger partial charge in [-0.15, -0.1) is 0 Å². The first-order chi connectivity index (χ1) is 9.72. The van der Waals surface area contributed by atoms with Crippen LogP contribution in [0.5, 0.6) is 11.5 Å². The van der Waals surface area contributed by atoms with Crippen LogP contribution in [0.4, 0.5) is 0 Å². The molecule has 2 aromatic carbocycles. The minimum atomic E-state index is 0.526. The molecule has 0 spiro atoms. The number of benzene rings is 2. The maximum atomic E-state index is 5.91. The van der Waals surface area contributed by atoms with Crippen LogP contribution in [0.2, 0.25) is 0 Å². The van der Waals surface area contributed by atoms with Crippen molar-refractivity contribution in [3.05, 3.63) is 58.1 Å². The first kappa shape index (κ1) is 14.9. The van der Waals surface area contributed by atoms with Gasteiger partial charge in [-0.2, -0.15) is 0 Å². The fourth-order valence-electron chi connectivity index (χ4n) is 1.90. The summed E-state index contributed by atoms with van der Waals surface area (Å²) >= 11 is 3.42. The highest BCUT2D eigenvalue weighted by atomic mass is 79.9. The van der Waals surface area contributed by atoms with E-state index in [0.717, 1.165) is 33.5 Å². The van der Waals surface area contributed by atoms with Crippen molar-refractivity contribution in [2.75, 3.05) is 13.7 Å². The first-order valence-corrected chi connectivity index (χ1v) is 7.26. The van der Waals surface area contributed by atoms with Crippen molar-refractivity contribution in [1.82, 2.24) is 0 Å². The third-order valence-corrected chi connectivity index (χ3v) is 3.52. The molecule has 0 heterocycles. The van der Waals surface area contributed by atoms with Gasteiger partial charge in [0.05, 0.1) is 7.11 Å². The first-order valence-electron chi connectivity index (χ1n) is 6.47. The Hall–Kier alpha value is -1.52. The molecular formula is C16H18BrNO2. The standard InChI is InChI=1S/C16H18BrNO2/c1-19-15-7-4-13(8-9-18)16(10-15)20-11-12-2-5-14(17)6-3-12/h2-7,10H,8-9,11,18H2,1H3. The second-order valence-corrected chi connectivity index (χ2v) is 5.34. The lowest BCUT2D eigenvalue weighted by Gasteiger charge is -2.12. The van der Waals surface area contributed by atoms with E-state index < -0.39 is 0 Å². The molecule has 0 aromatic heterocycles. The van der Waals surface area contributed by atoms with Crippen molar-refractivity contribution in [1.29, 1.82) is 0 Å². The van der Waals surface area contributed by atoms with Crippen LogP contribution in [0.25, 0.3) is 0 Å². The summed E-state index contributed by atoms with van der Waals surface area (Å²) in [4.78, 5) is 0. The minimum Gasteiger partial charge on any atom is -0.497 e. The van der Waals surface area contributed by atoms with E-state index in [1.807, 2.05) is 42.5 Å². The van der Waals surface area contributed by atoms with E-state index in [1.54, 1.807) is 7.11 Å². The molecule has 4 heteroatoms. The quantitative estimate of drug-likeness (QED) is 0.878. The molecule has 0 atom stereocenters. The van der Waals surface area contributed by atoms with E-state index in [4.69, 9.17) is 15.2 Å². The average molecular weight is 336 g/mol. The van der Waals surface area contributed by atoms with E-state index in [1.165, 1.54) is 0 Å². The summed E-state index contributed by atoms with van der Waals surface area (Å²) in [6, 6.07) is 13.9. The Labute approximate surface area is 127 Å². The molecule has 0 aliphatic rings. The largest absolute Gasteiger partial charge is 0.497 e. The Kier molecular flexibility index (Phi) is 5.44. The van der Waals surface area contributed by atoms with Gasteiger partial charge in [0.15, 0.2) is 0 Å². The maximum Gasteiger partial charge on any atom is 0.126 e. The molecule has 3 nitrogen and oxygen atoms in total. The van der Waals surface area contributed by atoms with Crippen LogP contribution in [-0.2, 0) is 13.0 Å². The van der Waals surface area contributed by atoms with Crippen LogP contribution in [0, 0.1) is 0 Å². The van der Waals surface area contributed by atoms with Crippen molar-refractivity contribution in [2.45, 2.75) is 13.0 Å². The molecule has 0 fully saturated rings. The van der Waals surface area contributed by atoms with Crippen molar-refractivity contribution in [3.8, 4) is 11.5 Å². The van der Waals surface area contributed by atoms with E-state index in [-0.39, 0.29) is 0 Å². The molecule has 2 N–H and O–H groups in total. The molecule has 0 aliphatic carbocycles. The fourth-order valence-corrected chi connectivity index (χ4v) is 2.16. The maximum absolute atomic E-state index is 5.91. The Morgan fingerprint density at radius 1 is 1.10 bits per heavy atom. The zero-order chi connectivity index (χ0) is 14.4. The summed E-state index contributed by atoms with van der Waals surface area (Å²) in [5.74, 6) is 1.62. The summed E-state index contributed by atoms with van der Waals surface area (Å²) in [6.07, 6.45) is 0.791. The average Bonchev–Trinajstić information content (AvgIpc) is 2.48. The van der Waals surface area contributed by atoms with Gasteiger partial charge in [-0.1, -0.05) is 34.1 Å². The molecular weight excluding hydrogens is 318 g/mol. The van der Waals surface area contributed by atoms with Crippen LogP contribution >= 0.6 is 15.9 Å². The molecule has 0 bridgehead atoms. The number of nitrogens with two attached hydrogens (primary N) is 1. The van der Waals surface area contributed by atoms with Gasteiger partial charge < -0.3 is 15.2 Å². The predicted octanol–water partition coefficient (Wildman–Crippen LogP) is 3.54. The molecule has 0 unspecified atom stereocenters. The van der Waals surface area contributed by atoms with Crippen LogP contribution in [0.15, 0.2) is 46.9 Å². The van der Waals surface area contributed by atoms with Gasteiger partial charge in [0.1, 0.15) is 18.1 Å². The van der Waals surface area contributed by atoms with Gasteiger partial charge in [0.25, 0.3) is 0 Å². The molecule has 0 radical (unpaired) electrons. The molecule has 0 amide bonds. The van der Waals surface area contributed by atoms with Crippen LogP contribution < -0.4 is 15.2 Å². The topological polar surface area (TPSA) is 44.5 Å². The summed E-state index contributed by atoms with van der Waals surface area (Å²) in [7, 11) is 1.65. The van der Waals surface area contributed by atoms with Crippen LogP contribution in [0.1, 0.15) is 11.1 Å². The minimum absolute atomic E-state index is 0.526. The number of ether oxygens (including phenoxy) is 2. The molecule has 2 rings (SSSR count). The van der Waals surface area contributed by atoms with Gasteiger partial charge in [0.2, 0.25) is 0 Å². The fraction of sp³-hybridized carbons (Fsp3) is 0.250. The molecule has 0 saturated heterocycles. The molecule has 0 aliphatic heterocycles. The van der Waals surface area contributed by atoms with Gasteiger partial charge >= 0.3 is 0 Å². The number of methoxy groups -OCH3 is 1. The van der Waals surface area contributed by atoms with E-state index in [2.05, 4.69) is 15.9 Å². The van der Waals surface area contributed by atoms with Crippen molar-refractivity contribution < 1.29 is 9.47 Å². The third kappa shape index (κ3) is 3.99. The number of hydrogen-bond acceptors (Lipinski definition) is 3. The highest BCUT2D eigenvalue weighted by molar-refractivity contribution is 9.10. The van der Waals surface area contributed by atoms with Crippen molar-refractivity contribution in [3.63, 3.8) is 0 Å². The molecule has 2 aromatic rings. The van der Waals surface area contributed by atoms with Crippen molar-refractivity contribution >= 4 is 15.9 Å². The highest BCUT2D eigenvalue weighted by Crippen LogP contribution is 2.26. The highest BCUT2D eigenvalue weighted by Gasteiger charge is 2.06. The Morgan fingerprint density at radius 3 is 2.50 bits per heavy atom. The van der Waals surface area contributed by atoms with Crippen molar-refractivity contribution in [2.24, 2.45) is 5.73 Å². The zero-order valence-corrected chi connectivity index (χ0v) is 13.0. The summed E-state index contributed by atoms with van der Waals surface area (Å²) in [5, 5.41) is 0. The predicted molar refractivity (Wildman–Crippen MR) is 84.2 cm³/mol. The second kappa shape index (κ2) is 7.31. The van der Waals surface area contributed by atoms with Gasteiger partial charge in [-0.05, 0) is 42.3 Å². The van der Waals surface area contributed by atoms with Gasteiger partial charge in [0, 0.05) is 10.5 Å². The zero-order valence-electron chi connectivity index (χ0n) is 11.4. The monoisotopic (exact) mass is 335 g/mol. The number of rotatable bonds is 6. The van der Waals surface area contributed by atoms with E-state index >= 15 is 0 Å². The van der Waals surface area contributed by atoms with E-state index in [9.17, 15) is 0 Å². The lowest BCUT2D eigenvalue weighted by Crippen LogP contribution is -2.05. The summed E-state index contributed by atoms with van der Waals surface area (Å²) in [5.41, 5.74) is 7.85. The van der Waals surface area contributed by atoms with E-state index in [0.29, 0.717) is 13.2 Å². The Balaban J connectivity index is 2.12. The Bertz CT molecular complexity index is 555. The van der Waals surface area contributed by atoms with Gasteiger partial charge in [-0.25, -0.2) is 0 Å². The van der Waals surface area contributed by atoms with Gasteiger partial charge in [-0.3, -0.25) is 0 Å². The van der Waals surface area contributed by atoms with Crippen LogP contribution in [-0.4, -0.2) is 13.7 Å². The number of hydrogen-bond donors (Lipinski definition) is 1. The Morgan fingerprint density at radius 2 is 1.85 bits per heavy atom. The SMILES string of the molecule is COc1ccc(CCN)c(OCc2ccc(Br)cc2)c1. The lowest BCUT2D eigenvalue weighted by atomic mass is 10.1. The third-order valence-electron chi connectivity index (χ3n) is 3.00. The summed E-state index contributed by atoms with van der Waals surface area (Å²) < 4.78 is 12.2. The van der Waals surface area contributed by atoms with Crippen LogP contribution in [0.3, 0.4) is 0 Å². The lowest BCUT2D eigenvalue weighted by molar-refractivity contribution is 0.300. The molecule has 0 saturated carbocycles. The number of halogens is 1. The smallest absolute Gasteiger partial charge is 0.126 e.